The fourth-order valence-electron chi connectivity index (χ4n) is 3.48. The third-order valence-corrected chi connectivity index (χ3v) is 4.77. The highest BCUT2D eigenvalue weighted by Crippen LogP contribution is 2.30. The van der Waals surface area contributed by atoms with Crippen LogP contribution < -0.4 is 5.32 Å². The van der Waals surface area contributed by atoms with Crippen molar-refractivity contribution in [3.8, 4) is 22.5 Å². The lowest BCUT2D eigenvalue weighted by Gasteiger charge is -2.18. The standard InChI is InChI=1S/C19H18N6.ClH/c1-25-11-15(10-22-25)18-23-17-16(5-7-21-19(17)24-18)13-2-3-14-9-20-6-4-12(14)8-13;/h2-3,5,7-8,10-11,20H,4,6,9H2,1H3,(H,21,23,24);1H. The molecule has 26 heavy (non-hydrogen) atoms. The normalized spacial score (nSPS) is 13.4. The minimum Gasteiger partial charge on any atom is -0.336 e. The van der Waals surface area contributed by atoms with E-state index >= 15 is 0 Å². The fraction of sp³-hybridized carbons (Fsp3) is 0.211. The Morgan fingerprint density at radius 1 is 1.12 bits per heavy atom. The first-order chi connectivity index (χ1) is 12.3. The van der Waals surface area contributed by atoms with Gasteiger partial charge >= 0.3 is 0 Å². The van der Waals surface area contributed by atoms with Crippen LogP contribution in [0.4, 0.5) is 0 Å². The van der Waals surface area contributed by atoms with Crippen LogP contribution in [-0.4, -0.2) is 31.3 Å². The number of H-pyrrole nitrogens is 1. The van der Waals surface area contributed by atoms with Gasteiger partial charge in [-0.25, -0.2) is 9.97 Å². The number of aromatic nitrogens is 5. The number of imidazole rings is 1. The largest absolute Gasteiger partial charge is 0.336 e. The van der Waals surface area contributed by atoms with Gasteiger partial charge in [0.1, 0.15) is 5.82 Å². The number of benzene rings is 1. The van der Waals surface area contributed by atoms with Crippen molar-refractivity contribution in [1.82, 2.24) is 30.0 Å². The van der Waals surface area contributed by atoms with Crippen molar-refractivity contribution in [3.63, 3.8) is 0 Å². The highest BCUT2D eigenvalue weighted by atomic mass is 35.5. The smallest absolute Gasteiger partial charge is 0.178 e. The van der Waals surface area contributed by atoms with Gasteiger partial charge in [0, 0.05) is 31.5 Å². The molecular formula is C19H19ClN6. The summed E-state index contributed by atoms with van der Waals surface area (Å²) >= 11 is 0. The number of nitrogens with one attached hydrogen (secondary N) is 2. The van der Waals surface area contributed by atoms with Crippen LogP contribution in [0.25, 0.3) is 33.7 Å². The second-order valence-corrected chi connectivity index (χ2v) is 6.46. The number of aryl methyl sites for hydroxylation is 1. The van der Waals surface area contributed by atoms with E-state index in [-0.39, 0.29) is 12.4 Å². The summed E-state index contributed by atoms with van der Waals surface area (Å²) in [6.45, 7) is 1.99. The highest BCUT2D eigenvalue weighted by molar-refractivity contribution is 5.91. The number of rotatable bonds is 2. The maximum absolute atomic E-state index is 4.64. The Morgan fingerprint density at radius 3 is 2.88 bits per heavy atom. The second-order valence-electron chi connectivity index (χ2n) is 6.46. The average molecular weight is 367 g/mol. The van der Waals surface area contributed by atoms with Crippen LogP contribution >= 0.6 is 12.4 Å². The molecule has 6 nitrogen and oxygen atoms in total. The molecule has 4 heterocycles. The molecule has 0 atom stereocenters. The molecule has 0 bridgehead atoms. The van der Waals surface area contributed by atoms with Gasteiger partial charge in [0.25, 0.3) is 0 Å². The van der Waals surface area contributed by atoms with Crippen LogP contribution in [0, 0.1) is 0 Å². The Kier molecular flexibility index (Phi) is 4.22. The van der Waals surface area contributed by atoms with Crippen LogP contribution in [-0.2, 0) is 20.0 Å². The molecule has 0 unspecified atom stereocenters. The fourth-order valence-corrected chi connectivity index (χ4v) is 3.48. The Labute approximate surface area is 157 Å². The zero-order valence-corrected chi connectivity index (χ0v) is 15.2. The van der Waals surface area contributed by atoms with Crippen LogP contribution in [0.3, 0.4) is 0 Å². The molecule has 0 saturated carbocycles. The third-order valence-electron chi connectivity index (χ3n) is 4.77. The van der Waals surface area contributed by atoms with Crippen LogP contribution in [0.1, 0.15) is 11.1 Å². The molecule has 0 spiro atoms. The van der Waals surface area contributed by atoms with E-state index < -0.39 is 0 Å². The van der Waals surface area contributed by atoms with Gasteiger partial charge < -0.3 is 10.3 Å². The third kappa shape index (κ3) is 2.77. The molecule has 1 aliphatic heterocycles. The summed E-state index contributed by atoms with van der Waals surface area (Å²) in [6.07, 6.45) is 6.65. The van der Waals surface area contributed by atoms with Gasteiger partial charge in [-0.15, -0.1) is 12.4 Å². The first kappa shape index (κ1) is 16.8. The van der Waals surface area contributed by atoms with Crippen molar-refractivity contribution in [3.05, 3.63) is 54.0 Å². The van der Waals surface area contributed by atoms with Crippen LogP contribution in [0.5, 0.6) is 0 Å². The Hall–Kier alpha value is -2.70. The van der Waals surface area contributed by atoms with E-state index in [0.29, 0.717) is 0 Å². The van der Waals surface area contributed by atoms with Crippen molar-refractivity contribution in [2.45, 2.75) is 13.0 Å². The maximum Gasteiger partial charge on any atom is 0.178 e. The highest BCUT2D eigenvalue weighted by Gasteiger charge is 2.14. The average Bonchev–Trinajstić information content (AvgIpc) is 3.27. The summed E-state index contributed by atoms with van der Waals surface area (Å²) in [5, 5.41) is 7.64. The van der Waals surface area contributed by atoms with E-state index in [1.54, 1.807) is 4.68 Å². The molecule has 0 radical (unpaired) electrons. The minimum atomic E-state index is 0. The van der Waals surface area contributed by atoms with Crippen LogP contribution in [0.2, 0.25) is 0 Å². The lowest BCUT2D eigenvalue weighted by molar-refractivity contribution is 0.644. The van der Waals surface area contributed by atoms with Gasteiger partial charge in [0.2, 0.25) is 0 Å². The molecule has 0 amide bonds. The van der Waals surface area contributed by atoms with E-state index in [2.05, 4.69) is 49.6 Å². The number of hydrogen-bond donors (Lipinski definition) is 2. The number of hydrogen-bond acceptors (Lipinski definition) is 4. The maximum atomic E-state index is 4.64. The van der Waals surface area contributed by atoms with Crippen molar-refractivity contribution >= 4 is 23.6 Å². The number of aromatic amines is 1. The summed E-state index contributed by atoms with van der Waals surface area (Å²) in [5.74, 6) is 0.796. The predicted octanol–water partition coefficient (Wildman–Crippen LogP) is 3.09. The molecule has 0 saturated heterocycles. The van der Waals surface area contributed by atoms with Crippen molar-refractivity contribution < 1.29 is 0 Å². The molecule has 4 aromatic rings. The Morgan fingerprint density at radius 2 is 2.04 bits per heavy atom. The number of pyridine rings is 1. The quantitative estimate of drug-likeness (QED) is 0.572. The topological polar surface area (TPSA) is 71.4 Å². The zero-order valence-electron chi connectivity index (χ0n) is 14.4. The first-order valence-corrected chi connectivity index (χ1v) is 8.44. The number of nitrogens with zero attached hydrogens (tertiary/aromatic N) is 4. The number of halogens is 1. The van der Waals surface area contributed by atoms with Gasteiger partial charge in [-0.1, -0.05) is 18.2 Å². The van der Waals surface area contributed by atoms with E-state index in [9.17, 15) is 0 Å². The monoisotopic (exact) mass is 366 g/mol. The van der Waals surface area contributed by atoms with Crippen LogP contribution in [0.15, 0.2) is 42.9 Å². The zero-order chi connectivity index (χ0) is 16.8. The van der Waals surface area contributed by atoms with E-state index in [1.807, 2.05) is 25.6 Å². The summed E-state index contributed by atoms with van der Waals surface area (Å²) in [7, 11) is 1.90. The Bertz CT molecular complexity index is 1080. The summed E-state index contributed by atoms with van der Waals surface area (Å²) in [6, 6.07) is 8.76. The van der Waals surface area contributed by atoms with Crippen molar-refractivity contribution in [2.24, 2.45) is 7.05 Å². The predicted molar refractivity (Wildman–Crippen MR) is 104 cm³/mol. The van der Waals surface area contributed by atoms with Crippen molar-refractivity contribution in [1.29, 1.82) is 0 Å². The van der Waals surface area contributed by atoms with Crippen molar-refractivity contribution in [2.75, 3.05) is 6.54 Å². The molecule has 7 heteroatoms. The molecule has 2 N–H and O–H groups in total. The minimum absolute atomic E-state index is 0. The molecule has 0 fully saturated rings. The van der Waals surface area contributed by atoms with Gasteiger partial charge in [-0.05, 0) is 35.7 Å². The van der Waals surface area contributed by atoms with E-state index in [1.165, 1.54) is 16.7 Å². The lowest BCUT2D eigenvalue weighted by atomic mass is 9.95. The molecule has 0 aliphatic carbocycles. The van der Waals surface area contributed by atoms with E-state index in [4.69, 9.17) is 0 Å². The SMILES string of the molecule is Cl.Cn1cc(-c2nc3nccc(-c4ccc5c(c4)CCNC5)c3[nH]2)cn1. The van der Waals surface area contributed by atoms with Gasteiger partial charge in [0.05, 0.1) is 17.3 Å². The van der Waals surface area contributed by atoms with Gasteiger partial charge in [-0.3, -0.25) is 4.68 Å². The molecule has 1 aromatic carbocycles. The molecular weight excluding hydrogens is 348 g/mol. The first-order valence-electron chi connectivity index (χ1n) is 8.44. The molecule has 5 rings (SSSR count). The Balaban J connectivity index is 0.00000168. The summed E-state index contributed by atoms with van der Waals surface area (Å²) in [4.78, 5) is 12.5. The summed E-state index contributed by atoms with van der Waals surface area (Å²) in [5.41, 5.74) is 7.81. The second kappa shape index (κ2) is 6.55. The van der Waals surface area contributed by atoms with Gasteiger partial charge in [0.15, 0.2) is 5.65 Å². The summed E-state index contributed by atoms with van der Waals surface area (Å²) < 4.78 is 1.77. The van der Waals surface area contributed by atoms with E-state index in [0.717, 1.165) is 47.6 Å². The molecule has 132 valence electrons. The van der Waals surface area contributed by atoms with Gasteiger partial charge in [-0.2, -0.15) is 5.10 Å². The molecule has 1 aliphatic rings. The lowest BCUT2D eigenvalue weighted by Crippen LogP contribution is -2.23. The molecule has 3 aromatic heterocycles. The number of fused-ring (bicyclic) bond motifs is 2.